The second-order valence-corrected chi connectivity index (χ2v) is 6.09. The van der Waals surface area contributed by atoms with Gasteiger partial charge in [-0.05, 0) is 48.3 Å². The minimum absolute atomic E-state index is 0.421. The zero-order valence-electron chi connectivity index (χ0n) is 9.14. The molecule has 1 N–H and O–H groups in total. The summed E-state index contributed by atoms with van der Waals surface area (Å²) in [5, 5.41) is 9.17. The van der Waals surface area contributed by atoms with Crippen LogP contribution in [0.5, 0.6) is 0 Å². The summed E-state index contributed by atoms with van der Waals surface area (Å²) in [6.07, 6.45) is 5.35. The summed E-state index contributed by atoms with van der Waals surface area (Å²) in [5.41, 5.74) is 1.11. The van der Waals surface area contributed by atoms with Crippen molar-refractivity contribution in [1.82, 2.24) is 0 Å². The predicted octanol–water partition coefficient (Wildman–Crippen LogP) is 2.83. The molecule has 0 aromatic heterocycles. The zero-order valence-corrected chi connectivity index (χ0v) is 9.14. The van der Waals surface area contributed by atoms with Crippen molar-refractivity contribution >= 4 is 0 Å². The summed E-state index contributed by atoms with van der Waals surface area (Å²) < 4.78 is 0. The first-order valence-corrected chi connectivity index (χ1v) is 5.61. The average molecular weight is 182 g/mol. The first-order chi connectivity index (χ1) is 6.00. The Kier molecular flexibility index (Phi) is 1.99. The molecule has 0 radical (unpaired) electrons. The summed E-state index contributed by atoms with van der Waals surface area (Å²) in [4.78, 5) is 0. The first kappa shape index (κ1) is 9.51. The molecule has 0 aromatic rings. The summed E-state index contributed by atoms with van der Waals surface area (Å²) in [6, 6.07) is 0. The van der Waals surface area contributed by atoms with E-state index in [9.17, 15) is 5.11 Å². The Labute approximate surface area is 81.5 Å². The summed E-state index contributed by atoms with van der Waals surface area (Å²) in [5.74, 6) is 1.46. The van der Waals surface area contributed by atoms with Crippen molar-refractivity contribution in [3.05, 3.63) is 0 Å². The van der Waals surface area contributed by atoms with E-state index in [0.717, 1.165) is 5.92 Å². The van der Waals surface area contributed by atoms with Crippen molar-refractivity contribution in [2.45, 2.75) is 46.5 Å². The van der Waals surface area contributed by atoms with Gasteiger partial charge in [0.2, 0.25) is 0 Å². The SMILES string of the molecule is CC1CC(C)(C)CCC12CC2CO. The smallest absolute Gasteiger partial charge is 0.0464 e. The van der Waals surface area contributed by atoms with Crippen molar-refractivity contribution in [1.29, 1.82) is 0 Å². The number of aliphatic hydroxyl groups excluding tert-OH is 1. The highest BCUT2D eigenvalue weighted by molar-refractivity contribution is 5.08. The second-order valence-electron chi connectivity index (χ2n) is 6.09. The van der Waals surface area contributed by atoms with Crippen molar-refractivity contribution in [2.24, 2.45) is 22.7 Å². The van der Waals surface area contributed by atoms with Crippen LogP contribution in [0.2, 0.25) is 0 Å². The third-order valence-corrected chi connectivity index (χ3v) is 4.61. The fourth-order valence-corrected chi connectivity index (χ4v) is 3.51. The number of aliphatic hydroxyl groups is 1. The molecule has 1 nitrogen and oxygen atoms in total. The van der Waals surface area contributed by atoms with Gasteiger partial charge in [-0.15, -0.1) is 0 Å². The molecule has 0 aromatic carbocycles. The molecule has 2 aliphatic rings. The molecule has 1 heteroatoms. The van der Waals surface area contributed by atoms with Gasteiger partial charge in [0, 0.05) is 6.61 Å². The van der Waals surface area contributed by atoms with Gasteiger partial charge in [-0.2, -0.15) is 0 Å². The molecule has 0 aliphatic heterocycles. The van der Waals surface area contributed by atoms with Gasteiger partial charge in [-0.3, -0.25) is 0 Å². The minimum atomic E-state index is 0.421. The van der Waals surface area contributed by atoms with Gasteiger partial charge < -0.3 is 5.11 Å². The highest BCUT2D eigenvalue weighted by Crippen LogP contribution is 2.66. The van der Waals surface area contributed by atoms with E-state index in [1.54, 1.807) is 0 Å². The second kappa shape index (κ2) is 2.73. The minimum Gasteiger partial charge on any atom is -0.396 e. The van der Waals surface area contributed by atoms with E-state index in [2.05, 4.69) is 20.8 Å². The molecule has 0 heterocycles. The Hall–Kier alpha value is -0.0400. The van der Waals surface area contributed by atoms with Crippen LogP contribution in [-0.2, 0) is 0 Å². The molecule has 13 heavy (non-hydrogen) atoms. The molecule has 2 aliphatic carbocycles. The maximum Gasteiger partial charge on any atom is 0.0464 e. The van der Waals surface area contributed by atoms with Gasteiger partial charge in [0.05, 0.1) is 0 Å². The van der Waals surface area contributed by atoms with E-state index in [-0.39, 0.29) is 0 Å². The summed E-state index contributed by atoms with van der Waals surface area (Å²) >= 11 is 0. The standard InChI is InChI=1S/C12H22O/c1-9-6-11(2,3)4-5-12(9)7-10(12)8-13/h9-10,13H,4-8H2,1-3H3. The topological polar surface area (TPSA) is 20.2 Å². The van der Waals surface area contributed by atoms with Crippen molar-refractivity contribution in [2.75, 3.05) is 6.61 Å². The number of hydrogen-bond acceptors (Lipinski definition) is 1. The van der Waals surface area contributed by atoms with Crippen LogP contribution in [-0.4, -0.2) is 11.7 Å². The molecule has 76 valence electrons. The molecule has 0 saturated heterocycles. The molecule has 2 fully saturated rings. The van der Waals surface area contributed by atoms with Gasteiger partial charge in [0.25, 0.3) is 0 Å². The van der Waals surface area contributed by atoms with Crippen molar-refractivity contribution in [3.8, 4) is 0 Å². The normalized spacial score (nSPS) is 48.0. The number of rotatable bonds is 1. The third kappa shape index (κ3) is 1.41. The number of hydrogen-bond donors (Lipinski definition) is 1. The summed E-state index contributed by atoms with van der Waals surface area (Å²) in [7, 11) is 0. The molecular weight excluding hydrogens is 160 g/mol. The molecule has 2 rings (SSSR count). The molecule has 3 atom stereocenters. The molecular formula is C12H22O. The molecule has 0 bridgehead atoms. The Morgan fingerprint density at radius 3 is 2.38 bits per heavy atom. The quantitative estimate of drug-likeness (QED) is 0.661. The van der Waals surface area contributed by atoms with Gasteiger partial charge in [-0.25, -0.2) is 0 Å². The van der Waals surface area contributed by atoms with E-state index in [1.165, 1.54) is 25.7 Å². The van der Waals surface area contributed by atoms with Crippen LogP contribution in [0, 0.1) is 22.7 Å². The maximum atomic E-state index is 9.17. The molecule has 3 unspecified atom stereocenters. The molecule has 2 saturated carbocycles. The van der Waals surface area contributed by atoms with Crippen LogP contribution in [0.25, 0.3) is 0 Å². The van der Waals surface area contributed by atoms with Gasteiger partial charge >= 0.3 is 0 Å². The lowest BCUT2D eigenvalue weighted by atomic mass is 9.65. The van der Waals surface area contributed by atoms with E-state index in [1.807, 2.05) is 0 Å². The van der Waals surface area contributed by atoms with Crippen molar-refractivity contribution < 1.29 is 5.11 Å². The monoisotopic (exact) mass is 182 g/mol. The average Bonchev–Trinajstić information content (AvgIpc) is 2.73. The fraction of sp³-hybridized carbons (Fsp3) is 1.00. The van der Waals surface area contributed by atoms with Gasteiger partial charge in [0.1, 0.15) is 0 Å². The maximum absolute atomic E-state index is 9.17. The lowest BCUT2D eigenvalue weighted by Crippen LogP contribution is -2.31. The highest BCUT2D eigenvalue weighted by atomic mass is 16.3. The third-order valence-electron chi connectivity index (χ3n) is 4.61. The van der Waals surface area contributed by atoms with Crippen molar-refractivity contribution in [3.63, 3.8) is 0 Å². The molecule has 1 spiro atoms. The fourth-order valence-electron chi connectivity index (χ4n) is 3.51. The van der Waals surface area contributed by atoms with Gasteiger partial charge in [0.15, 0.2) is 0 Å². The van der Waals surface area contributed by atoms with Crippen LogP contribution < -0.4 is 0 Å². The van der Waals surface area contributed by atoms with Crippen LogP contribution >= 0.6 is 0 Å². The predicted molar refractivity (Wildman–Crippen MR) is 54.4 cm³/mol. The first-order valence-electron chi connectivity index (χ1n) is 5.61. The van der Waals surface area contributed by atoms with E-state index < -0.39 is 0 Å². The zero-order chi connectivity index (χ0) is 9.69. The Morgan fingerprint density at radius 1 is 1.23 bits per heavy atom. The van der Waals surface area contributed by atoms with E-state index in [0.29, 0.717) is 23.4 Å². The highest BCUT2D eigenvalue weighted by Gasteiger charge is 2.59. The van der Waals surface area contributed by atoms with Crippen LogP contribution in [0.3, 0.4) is 0 Å². The summed E-state index contributed by atoms with van der Waals surface area (Å²) in [6.45, 7) is 7.57. The lowest BCUT2D eigenvalue weighted by molar-refractivity contribution is 0.0906. The van der Waals surface area contributed by atoms with Crippen LogP contribution in [0.4, 0.5) is 0 Å². The Morgan fingerprint density at radius 2 is 1.92 bits per heavy atom. The van der Waals surface area contributed by atoms with E-state index in [4.69, 9.17) is 0 Å². The van der Waals surface area contributed by atoms with E-state index >= 15 is 0 Å². The Balaban J connectivity index is 2.04. The largest absolute Gasteiger partial charge is 0.396 e. The molecule has 0 amide bonds. The van der Waals surface area contributed by atoms with Gasteiger partial charge in [-0.1, -0.05) is 20.8 Å². The van der Waals surface area contributed by atoms with Crippen LogP contribution in [0.15, 0.2) is 0 Å². The lowest BCUT2D eigenvalue weighted by Gasteiger charge is -2.40. The van der Waals surface area contributed by atoms with Crippen LogP contribution in [0.1, 0.15) is 46.5 Å². The Bertz CT molecular complexity index is 209.